The van der Waals surface area contributed by atoms with Gasteiger partial charge in [-0.15, -0.1) is 14.0 Å². The van der Waals surface area contributed by atoms with Crippen molar-refractivity contribution >= 4 is 22.2 Å². The smallest absolute Gasteiger partial charge is 0.106 e. The van der Waals surface area contributed by atoms with Crippen molar-refractivity contribution in [2.24, 2.45) is 0 Å². The van der Waals surface area contributed by atoms with Crippen molar-refractivity contribution in [3.63, 3.8) is 0 Å². The number of nitrogens with zero attached hydrogens (tertiary/aromatic N) is 3. The van der Waals surface area contributed by atoms with Gasteiger partial charge in [0.1, 0.15) is 5.69 Å². The Balaban J connectivity index is 3.00. The van der Waals surface area contributed by atoms with Gasteiger partial charge in [-0.1, -0.05) is 6.58 Å². The van der Waals surface area contributed by atoms with Crippen molar-refractivity contribution in [1.82, 2.24) is 14.0 Å². The van der Waals surface area contributed by atoms with E-state index < -0.39 is 0 Å². The van der Waals surface area contributed by atoms with E-state index in [0.717, 1.165) is 5.69 Å². The van der Waals surface area contributed by atoms with Crippen LogP contribution in [0.3, 0.4) is 0 Å². The van der Waals surface area contributed by atoms with Gasteiger partial charge in [-0.3, -0.25) is 0 Å². The molecule has 0 aromatic carbocycles. The molecule has 1 aromatic rings. The first-order chi connectivity index (χ1) is 3.83. The van der Waals surface area contributed by atoms with E-state index in [-0.39, 0.29) is 0 Å². The van der Waals surface area contributed by atoms with E-state index in [4.69, 9.17) is 0 Å². The van der Waals surface area contributed by atoms with Gasteiger partial charge in [-0.05, 0) is 6.08 Å². The van der Waals surface area contributed by atoms with Crippen LogP contribution in [0, 0.1) is 0 Å². The summed E-state index contributed by atoms with van der Waals surface area (Å²) in [7, 11) is 0. The van der Waals surface area contributed by atoms with Gasteiger partial charge in [0, 0.05) is 0 Å². The first-order valence-corrected chi connectivity index (χ1v) is 2.75. The molecule has 0 atom stereocenters. The van der Waals surface area contributed by atoms with Crippen molar-refractivity contribution in [3.05, 3.63) is 18.5 Å². The second kappa shape index (κ2) is 2.09. The average Bonchev–Trinajstić information content (AvgIpc) is 2.14. The maximum absolute atomic E-state index is 3.83. The molecule has 0 saturated heterocycles. The SMILES string of the molecule is C=Cc1cnn(Br)n1. The predicted molar refractivity (Wildman–Crippen MR) is 34.4 cm³/mol. The Labute approximate surface area is 55.3 Å². The minimum atomic E-state index is 0.766. The summed E-state index contributed by atoms with van der Waals surface area (Å²) in [6.45, 7) is 3.51. The Morgan fingerprint density at radius 2 is 2.62 bits per heavy atom. The first-order valence-electron chi connectivity index (χ1n) is 2.04. The summed E-state index contributed by atoms with van der Waals surface area (Å²) in [4.78, 5) is 0. The molecule has 0 aliphatic heterocycles. The summed E-state index contributed by atoms with van der Waals surface area (Å²) in [6.07, 6.45) is 3.24. The van der Waals surface area contributed by atoms with Crippen molar-refractivity contribution in [2.75, 3.05) is 0 Å². The van der Waals surface area contributed by atoms with Gasteiger partial charge >= 0.3 is 0 Å². The van der Waals surface area contributed by atoms with E-state index in [1.165, 1.54) is 3.82 Å². The van der Waals surface area contributed by atoms with Gasteiger partial charge in [0.05, 0.1) is 22.3 Å². The number of hydrogen-bond acceptors (Lipinski definition) is 2. The standard InChI is InChI=1S/C4H4BrN3/c1-2-4-3-6-8(5)7-4/h2-3H,1H2. The Bertz CT molecular complexity index is 193. The van der Waals surface area contributed by atoms with E-state index in [0.29, 0.717) is 0 Å². The molecule has 0 spiro atoms. The van der Waals surface area contributed by atoms with Gasteiger partial charge in [0.15, 0.2) is 0 Å². The molecule has 0 aliphatic carbocycles. The third-order valence-electron chi connectivity index (χ3n) is 0.692. The summed E-state index contributed by atoms with van der Waals surface area (Å²) in [5.41, 5.74) is 0.766. The molecule has 8 heavy (non-hydrogen) atoms. The normalized spacial score (nSPS) is 9.12. The van der Waals surface area contributed by atoms with Gasteiger partial charge in [-0.2, -0.15) is 0 Å². The van der Waals surface area contributed by atoms with Crippen LogP contribution in [0.1, 0.15) is 5.69 Å². The molecule has 0 radical (unpaired) electrons. The molecule has 1 heterocycles. The number of rotatable bonds is 1. The molecule has 42 valence electrons. The maximum Gasteiger partial charge on any atom is 0.106 e. The highest BCUT2D eigenvalue weighted by atomic mass is 79.9. The van der Waals surface area contributed by atoms with E-state index >= 15 is 0 Å². The minimum Gasteiger partial charge on any atom is -0.150 e. The molecule has 0 fully saturated rings. The molecule has 0 unspecified atom stereocenters. The molecular formula is C4H4BrN3. The zero-order valence-corrected chi connectivity index (χ0v) is 5.67. The summed E-state index contributed by atoms with van der Waals surface area (Å²) in [6, 6.07) is 0. The highest BCUT2D eigenvalue weighted by Crippen LogP contribution is 1.93. The Kier molecular flexibility index (Phi) is 1.43. The highest BCUT2D eigenvalue weighted by Gasteiger charge is 1.88. The monoisotopic (exact) mass is 173 g/mol. The molecule has 3 nitrogen and oxygen atoms in total. The average molecular weight is 174 g/mol. The lowest BCUT2D eigenvalue weighted by Gasteiger charge is -1.74. The maximum atomic E-state index is 3.83. The number of halogens is 1. The fraction of sp³-hybridized carbons (Fsp3) is 0. The predicted octanol–water partition coefficient (Wildman–Crippen LogP) is 1.08. The van der Waals surface area contributed by atoms with Crippen LogP contribution in [0.25, 0.3) is 6.08 Å². The van der Waals surface area contributed by atoms with Crippen LogP contribution < -0.4 is 0 Å². The van der Waals surface area contributed by atoms with Gasteiger partial charge in [-0.25, -0.2) is 0 Å². The molecule has 4 heteroatoms. The van der Waals surface area contributed by atoms with E-state index in [9.17, 15) is 0 Å². The zero-order valence-electron chi connectivity index (χ0n) is 4.08. The molecule has 1 rings (SSSR count). The lowest BCUT2D eigenvalue weighted by atomic mass is 10.5. The topological polar surface area (TPSA) is 30.7 Å². The van der Waals surface area contributed by atoms with Crippen LogP contribution >= 0.6 is 16.1 Å². The molecule has 0 amide bonds. The quantitative estimate of drug-likeness (QED) is 0.637. The Morgan fingerprint density at radius 3 is 2.88 bits per heavy atom. The molecule has 0 aliphatic rings. The van der Waals surface area contributed by atoms with E-state index in [1.807, 2.05) is 0 Å². The van der Waals surface area contributed by atoms with Crippen LogP contribution in [0.5, 0.6) is 0 Å². The van der Waals surface area contributed by atoms with Gasteiger partial charge in [0.2, 0.25) is 0 Å². The van der Waals surface area contributed by atoms with Crippen LogP contribution in [-0.4, -0.2) is 14.0 Å². The summed E-state index contributed by atoms with van der Waals surface area (Å²) in [5, 5.41) is 7.57. The van der Waals surface area contributed by atoms with Crippen molar-refractivity contribution in [3.8, 4) is 0 Å². The lowest BCUT2D eigenvalue weighted by Crippen LogP contribution is -1.81. The molecule has 1 aromatic heterocycles. The molecule has 0 bridgehead atoms. The summed E-state index contributed by atoms with van der Waals surface area (Å²) in [5.74, 6) is 0. The third kappa shape index (κ3) is 0.949. The van der Waals surface area contributed by atoms with Crippen LogP contribution in [0.4, 0.5) is 0 Å². The highest BCUT2D eigenvalue weighted by molar-refractivity contribution is 9.08. The fourth-order valence-electron chi connectivity index (χ4n) is 0.347. The molecule has 0 saturated carbocycles. The van der Waals surface area contributed by atoms with Gasteiger partial charge < -0.3 is 0 Å². The second-order valence-electron chi connectivity index (χ2n) is 1.21. The number of hydrogen-bond donors (Lipinski definition) is 0. The van der Waals surface area contributed by atoms with Gasteiger partial charge in [0.25, 0.3) is 0 Å². The van der Waals surface area contributed by atoms with Crippen molar-refractivity contribution < 1.29 is 0 Å². The third-order valence-corrected chi connectivity index (χ3v) is 1.03. The molecule has 0 N–H and O–H groups in total. The second-order valence-corrected chi connectivity index (χ2v) is 1.85. The largest absolute Gasteiger partial charge is 0.150 e. The van der Waals surface area contributed by atoms with Crippen molar-refractivity contribution in [1.29, 1.82) is 0 Å². The fourth-order valence-corrected chi connectivity index (χ4v) is 0.622. The molecular weight excluding hydrogens is 170 g/mol. The van der Waals surface area contributed by atoms with Crippen LogP contribution in [0.15, 0.2) is 12.8 Å². The Morgan fingerprint density at radius 1 is 1.88 bits per heavy atom. The van der Waals surface area contributed by atoms with E-state index in [2.05, 4.69) is 32.9 Å². The summed E-state index contributed by atoms with van der Waals surface area (Å²) >= 11 is 3.02. The van der Waals surface area contributed by atoms with E-state index in [1.54, 1.807) is 12.3 Å². The minimum absolute atomic E-state index is 0.766. The number of aromatic nitrogens is 3. The van der Waals surface area contributed by atoms with Crippen LogP contribution in [0.2, 0.25) is 0 Å². The first kappa shape index (κ1) is 5.50. The van der Waals surface area contributed by atoms with Crippen LogP contribution in [-0.2, 0) is 0 Å². The Hall–Kier alpha value is -0.640. The summed E-state index contributed by atoms with van der Waals surface area (Å²) < 4.78 is 1.31. The lowest BCUT2D eigenvalue weighted by molar-refractivity contribution is 0.881. The van der Waals surface area contributed by atoms with Crippen molar-refractivity contribution in [2.45, 2.75) is 0 Å². The zero-order chi connectivity index (χ0) is 5.98.